The third-order valence-corrected chi connectivity index (χ3v) is 5.53. The number of hydrogen-bond donors (Lipinski definition) is 5. The zero-order valence-electron chi connectivity index (χ0n) is 19.0. The molecule has 0 aliphatic carbocycles. The van der Waals surface area contributed by atoms with Crippen LogP contribution in [0.4, 0.5) is 17.1 Å². The molecule has 0 radical (unpaired) electrons. The Kier molecular flexibility index (Phi) is 10.4. The molecule has 4 aromatic rings. The van der Waals surface area contributed by atoms with Gasteiger partial charge in [0, 0.05) is 32.8 Å². The molecule has 0 aliphatic heterocycles. The summed E-state index contributed by atoms with van der Waals surface area (Å²) in [6.07, 6.45) is 0. The van der Waals surface area contributed by atoms with E-state index in [9.17, 15) is 0 Å². The van der Waals surface area contributed by atoms with Gasteiger partial charge >= 0.3 is 0 Å². The number of hydrogen-bond acceptors (Lipinski definition) is 7. The van der Waals surface area contributed by atoms with Crippen molar-refractivity contribution in [2.24, 2.45) is 10.2 Å². The minimum atomic E-state index is 0.704. The van der Waals surface area contributed by atoms with Crippen LogP contribution in [0, 0.1) is 0 Å². The molecular weight excluding hydrogens is 453 g/mol. The van der Waals surface area contributed by atoms with Crippen LogP contribution in [0.25, 0.3) is 21.5 Å². The third-order valence-electron chi connectivity index (χ3n) is 4.45. The van der Waals surface area contributed by atoms with Crippen LogP contribution in [0.15, 0.2) is 85.6 Å². The van der Waals surface area contributed by atoms with Gasteiger partial charge < -0.3 is 10.6 Å². The van der Waals surface area contributed by atoms with Crippen molar-refractivity contribution >= 4 is 76.5 Å². The summed E-state index contributed by atoms with van der Waals surface area (Å²) in [6.45, 7) is 4.00. The fraction of sp³-hybridized carbons (Fsp3) is 0.200. The highest BCUT2D eigenvalue weighted by atomic mass is 32.1. The van der Waals surface area contributed by atoms with Gasteiger partial charge in [0.15, 0.2) is 0 Å². The van der Waals surface area contributed by atoms with E-state index in [4.69, 9.17) is 0 Å². The molecule has 0 saturated heterocycles. The molecule has 0 saturated carbocycles. The predicted octanol–water partition coefficient (Wildman–Crippen LogP) is 8.18. The molecule has 0 atom stereocenters. The fourth-order valence-electron chi connectivity index (χ4n) is 3.09. The van der Waals surface area contributed by atoms with Gasteiger partial charge in [-0.05, 0) is 60.6 Å². The van der Waals surface area contributed by atoms with Crippen molar-refractivity contribution in [3.63, 3.8) is 0 Å². The second kappa shape index (κ2) is 12.7. The normalized spacial score (nSPS) is 10.5. The lowest BCUT2D eigenvalue weighted by atomic mass is 10.1. The zero-order valence-corrected chi connectivity index (χ0v) is 21.7. The van der Waals surface area contributed by atoms with E-state index < -0.39 is 0 Å². The van der Waals surface area contributed by atoms with Crippen molar-refractivity contribution in [3.8, 4) is 0 Å². The largest absolute Gasteiger partial charge is 0.388 e. The Labute approximate surface area is 207 Å². The number of fused-ring (bicyclic) bond motifs is 2. The number of benzene rings is 4. The maximum atomic E-state index is 4.65. The molecule has 0 aliphatic rings. The van der Waals surface area contributed by atoms with Crippen LogP contribution in [0.2, 0.25) is 0 Å². The molecule has 7 heteroatoms. The van der Waals surface area contributed by atoms with Crippen LogP contribution in [-0.4, -0.2) is 21.1 Å². The predicted molar refractivity (Wildman–Crippen MR) is 150 cm³/mol. The Hall–Kier alpha value is -2.19. The lowest BCUT2D eigenvalue weighted by molar-refractivity contribution is 1.02. The van der Waals surface area contributed by atoms with Crippen LogP contribution in [0.3, 0.4) is 0 Å². The van der Waals surface area contributed by atoms with Crippen LogP contribution < -0.4 is 10.6 Å². The second-order valence-electron chi connectivity index (χ2n) is 6.66. The van der Waals surface area contributed by atoms with Crippen LogP contribution in [0.5, 0.6) is 0 Å². The molecule has 168 valence electrons. The number of rotatable bonds is 3. The van der Waals surface area contributed by atoms with Crippen LogP contribution >= 0.6 is 37.9 Å². The van der Waals surface area contributed by atoms with Crippen LogP contribution in [-0.2, 0) is 0 Å². The first-order valence-electron chi connectivity index (χ1n) is 10.4. The first-order chi connectivity index (χ1) is 15.5. The Balaban J connectivity index is 0.000000671. The van der Waals surface area contributed by atoms with Crippen LogP contribution in [0.1, 0.15) is 13.8 Å². The molecule has 2 N–H and O–H groups in total. The first kappa shape index (κ1) is 26.1. The number of nitrogens with one attached hydrogen (secondary N) is 2. The first-order valence-corrected chi connectivity index (χ1v) is 11.7. The smallest absolute Gasteiger partial charge is 0.0997 e. The molecular formula is C25H30N4S3. The topological polar surface area (TPSA) is 48.8 Å². The highest BCUT2D eigenvalue weighted by Gasteiger charge is 2.08. The summed E-state index contributed by atoms with van der Waals surface area (Å²) in [7, 11) is 5.64. The van der Waals surface area contributed by atoms with Crippen molar-refractivity contribution in [1.82, 2.24) is 5.32 Å². The zero-order chi connectivity index (χ0) is 23.7. The number of anilines is 1. The maximum absolute atomic E-state index is 4.65. The molecule has 0 amide bonds. The third kappa shape index (κ3) is 6.19. The molecule has 0 spiro atoms. The molecule has 0 heterocycles. The summed E-state index contributed by atoms with van der Waals surface area (Å²) >= 11 is 13.7. The van der Waals surface area contributed by atoms with Gasteiger partial charge in [0.2, 0.25) is 0 Å². The van der Waals surface area contributed by atoms with Gasteiger partial charge in [-0.2, -0.15) is 0 Å². The molecule has 4 nitrogen and oxygen atoms in total. The molecule has 0 fully saturated rings. The Morgan fingerprint density at radius 3 is 2.03 bits per heavy atom. The van der Waals surface area contributed by atoms with E-state index in [-0.39, 0.29) is 0 Å². The lowest BCUT2D eigenvalue weighted by Gasteiger charge is -2.10. The number of azo groups is 1. The summed E-state index contributed by atoms with van der Waals surface area (Å²) in [4.78, 5) is 2.47. The monoisotopic (exact) mass is 482 g/mol. The quantitative estimate of drug-likeness (QED) is 0.151. The Morgan fingerprint density at radius 1 is 0.688 bits per heavy atom. The van der Waals surface area contributed by atoms with E-state index >= 15 is 0 Å². The standard InChI is InChI=1S/C21H17N3S3.C2H7N.C2H6/c1-22-18-10-14(25)8-13-9-20(26)19(11-16(13)18)24-23-17-7-6-12-4-2-3-5-15(12)21(17)27;1-3-2;1-2/h2-11,22,25-27H,1H3;3H,1-2H3;1-2H3. The van der Waals surface area contributed by atoms with Crippen molar-refractivity contribution in [2.75, 3.05) is 26.5 Å². The minimum Gasteiger partial charge on any atom is -0.388 e. The summed E-state index contributed by atoms with van der Waals surface area (Å²) in [5, 5.41) is 19.1. The van der Waals surface area contributed by atoms with Crippen molar-refractivity contribution < 1.29 is 0 Å². The molecule has 0 bridgehead atoms. The highest BCUT2D eigenvalue weighted by Crippen LogP contribution is 2.37. The summed E-state index contributed by atoms with van der Waals surface area (Å²) in [6, 6.07) is 20.0. The fourth-order valence-corrected chi connectivity index (χ4v) is 3.93. The lowest BCUT2D eigenvalue weighted by Crippen LogP contribution is -1.90. The van der Waals surface area contributed by atoms with Crippen molar-refractivity contribution in [2.45, 2.75) is 28.5 Å². The summed E-state index contributed by atoms with van der Waals surface area (Å²) < 4.78 is 0. The molecule has 4 aromatic carbocycles. The number of thiol groups is 3. The van der Waals surface area contributed by atoms with Gasteiger partial charge in [-0.1, -0.05) is 44.2 Å². The van der Waals surface area contributed by atoms with E-state index in [0.717, 1.165) is 47.6 Å². The van der Waals surface area contributed by atoms with E-state index in [1.54, 1.807) is 0 Å². The van der Waals surface area contributed by atoms with Gasteiger partial charge in [0.1, 0.15) is 0 Å². The van der Waals surface area contributed by atoms with Gasteiger partial charge in [0.05, 0.1) is 11.4 Å². The van der Waals surface area contributed by atoms with E-state index in [0.29, 0.717) is 5.69 Å². The highest BCUT2D eigenvalue weighted by molar-refractivity contribution is 7.81. The second-order valence-corrected chi connectivity index (χ2v) is 8.11. The Morgan fingerprint density at radius 2 is 1.34 bits per heavy atom. The minimum absolute atomic E-state index is 0.704. The molecule has 4 rings (SSSR count). The van der Waals surface area contributed by atoms with Gasteiger partial charge in [-0.25, -0.2) is 0 Å². The van der Waals surface area contributed by atoms with Crippen molar-refractivity contribution in [1.29, 1.82) is 0 Å². The van der Waals surface area contributed by atoms with Crippen molar-refractivity contribution in [3.05, 3.63) is 60.7 Å². The van der Waals surface area contributed by atoms with Gasteiger partial charge in [-0.15, -0.1) is 48.1 Å². The average Bonchev–Trinajstić information content (AvgIpc) is 2.80. The van der Waals surface area contributed by atoms with E-state index in [1.165, 1.54) is 0 Å². The Bertz CT molecular complexity index is 1220. The van der Waals surface area contributed by atoms with Gasteiger partial charge in [0.25, 0.3) is 0 Å². The maximum Gasteiger partial charge on any atom is 0.0997 e. The van der Waals surface area contributed by atoms with E-state index in [2.05, 4.69) is 64.8 Å². The summed E-state index contributed by atoms with van der Waals surface area (Å²) in [5.74, 6) is 0. The van der Waals surface area contributed by atoms with Gasteiger partial charge in [-0.3, -0.25) is 0 Å². The average molecular weight is 483 g/mol. The molecule has 32 heavy (non-hydrogen) atoms. The summed E-state index contributed by atoms with van der Waals surface area (Å²) in [5.41, 5.74) is 2.42. The molecule has 0 aromatic heterocycles. The number of nitrogens with zero attached hydrogens (tertiary/aromatic N) is 2. The molecule has 0 unspecified atom stereocenters. The van der Waals surface area contributed by atoms with E-state index in [1.807, 2.05) is 89.6 Å². The SMILES string of the molecule is CC.CNC.CNc1cc(S)cc2cc(S)c(N=Nc3ccc4ccccc4c3S)cc12.